The second-order valence-corrected chi connectivity index (χ2v) is 7.07. The predicted octanol–water partition coefficient (Wildman–Crippen LogP) is 1.42. The lowest BCUT2D eigenvalue weighted by Crippen LogP contribution is -2.60. The van der Waals surface area contributed by atoms with Crippen molar-refractivity contribution in [3.8, 4) is 0 Å². The van der Waals surface area contributed by atoms with Gasteiger partial charge in [0.25, 0.3) is 0 Å². The van der Waals surface area contributed by atoms with E-state index in [0.717, 1.165) is 25.3 Å². The van der Waals surface area contributed by atoms with E-state index in [2.05, 4.69) is 16.8 Å². The number of carbonyl (C=O) groups is 1. The van der Waals surface area contributed by atoms with Gasteiger partial charge in [-0.05, 0) is 33.0 Å². The van der Waals surface area contributed by atoms with Crippen molar-refractivity contribution in [3.05, 3.63) is 30.3 Å². The Balaban J connectivity index is 1.95. The highest BCUT2D eigenvalue weighted by Crippen LogP contribution is 2.30. The van der Waals surface area contributed by atoms with Crippen LogP contribution in [0.2, 0.25) is 0 Å². The van der Waals surface area contributed by atoms with Gasteiger partial charge in [-0.3, -0.25) is 9.80 Å². The second-order valence-electron chi connectivity index (χ2n) is 7.07. The van der Waals surface area contributed by atoms with Gasteiger partial charge in [0.1, 0.15) is 6.17 Å². The highest BCUT2D eigenvalue weighted by atomic mass is 16.5. The van der Waals surface area contributed by atoms with Crippen molar-refractivity contribution in [3.63, 3.8) is 0 Å². The number of hydrogen-bond donors (Lipinski definition) is 0. The van der Waals surface area contributed by atoms with E-state index in [1.54, 1.807) is 0 Å². The van der Waals surface area contributed by atoms with E-state index in [9.17, 15) is 4.79 Å². The lowest BCUT2D eigenvalue weighted by Gasteiger charge is -2.41. The van der Waals surface area contributed by atoms with Crippen molar-refractivity contribution in [1.29, 1.82) is 0 Å². The van der Waals surface area contributed by atoms with E-state index in [4.69, 9.17) is 19.3 Å². The molecule has 0 bridgehead atoms. The summed E-state index contributed by atoms with van der Waals surface area (Å²) < 4.78 is 16.5. The van der Waals surface area contributed by atoms with Crippen molar-refractivity contribution in [2.24, 2.45) is 5.10 Å². The Morgan fingerprint density at radius 3 is 2.59 bits per heavy atom. The van der Waals surface area contributed by atoms with Crippen molar-refractivity contribution in [2.75, 3.05) is 64.7 Å². The molecule has 2 aliphatic heterocycles. The summed E-state index contributed by atoms with van der Waals surface area (Å²) in [5.41, 5.74) is 1.39. The number of carbonyl (C=O) groups excluding carboxylic acids is 1. The van der Waals surface area contributed by atoms with Crippen LogP contribution in [0.5, 0.6) is 0 Å². The van der Waals surface area contributed by atoms with Crippen LogP contribution in [-0.4, -0.2) is 93.4 Å². The number of benzene rings is 1. The monoisotopic (exact) mass is 404 g/mol. The van der Waals surface area contributed by atoms with Gasteiger partial charge < -0.3 is 14.2 Å². The average Bonchev–Trinajstić information content (AvgIpc) is 3.16. The highest BCUT2D eigenvalue weighted by molar-refractivity contribution is 6.39. The van der Waals surface area contributed by atoms with Gasteiger partial charge in [0.15, 0.2) is 5.71 Å². The van der Waals surface area contributed by atoms with Crippen LogP contribution in [0, 0.1) is 0 Å². The summed E-state index contributed by atoms with van der Waals surface area (Å²) in [6, 6.07) is 9.75. The Morgan fingerprint density at radius 1 is 1.21 bits per heavy atom. The fourth-order valence-corrected chi connectivity index (χ4v) is 3.80. The normalized spacial score (nSPS) is 22.8. The molecule has 2 heterocycles. The number of morpholine rings is 1. The van der Waals surface area contributed by atoms with Crippen LogP contribution in [-0.2, 0) is 19.0 Å². The molecule has 1 saturated heterocycles. The third kappa shape index (κ3) is 5.14. The lowest BCUT2D eigenvalue weighted by atomic mass is 10.1. The SMILES string of the molecule is CCOCCN(C)C1C(N2CCOCC2)C(C(=O)OCC)=NN1c1ccccc1. The molecular weight excluding hydrogens is 372 g/mol. The van der Waals surface area contributed by atoms with Crippen molar-refractivity contribution >= 4 is 17.4 Å². The molecule has 1 aromatic rings. The molecule has 8 nitrogen and oxygen atoms in total. The van der Waals surface area contributed by atoms with Gasteiger partial charge in [-0.15, -0.1) is 0 Å². The summed E-state index contributed by atoms with van der Waals surface area (Å²) in [4.78, 5) is 17.3. The van der Waals surface area contributed by atoms with Gasteiger partial charge >= 0.3 is 5.97 Å². The molecule has 8 heteroatoms. The summed E-state index contributed by atoms with van der Waals surface area (Å²) in [5.74, 6) is -0.356. The van der Waals surface area contributed by atoms with Crippen LogP contribution in [0.4, 0.5) is 5.69 Å². The highest BCUT2D eigenvalue weighted by Gasteiger charge is 2.47. The minimum atomic E-state index is -0.356. The van der Waals surface area contributed by atoms with Crippen LogP contribution < -0.4 is 5.01 Å². The average molecular weight is 405 g/mol. The summed E-state index contributed by atoms with van der Waals surface area (Å²) in [6.45, 7) is 8.96. The molecule has 1 aromatic carbocycles. The zero-order valence-corrected chi connectivity index (χ0v) is 17.6. The number of anilines is 1. The van der Waals surface area contributed by atoms with Gasteiger partial charge in [0.2, 0.25) is 0 Å². The van der Waals surface area contributed by atoms with E-state index in [-0.39, 0.29) is 18.2 Å². The number of esters is 1. The summed E-state index contributed by atoms with van der Waals surface area (Å²) in [6.07, 6.45) is -0.143. The van der Waals surface area contributed by atoms with Crippen LogP contribution in [0.3, 0.4) is 0 Å². The minimum Gasteiger partial charge on any atom is -0.461 e. The van der Waals surface area contributed by atoms with E-state index in [1.807, 2.05) is 49.2 Å². The standard InChI is InChI=1S/C21H32N4O4/c1-4-27-14-11-23(3)20-19(24-12-15-28-16-13-24)18(21(26)29-5-2)22-25(20)17-9-7-6-8-10-17/h6-10,19-20H,4-5,11-16H2,1-3H3. The lowest BCUT2D eigenvalue weighted by molar-refractivity contribution is -0.135. The van der Waals surface area contributed by atoms with Gasteiger partial charge in [-0.2, -0.15) is 5.10 Å². The molecule has 0 N–H and O–H groups in total. The van der Waals surface area contributed by atoms with E-state index in [0.29, 0.717) is 38.7 Å². The number of para-hydroxylation sites is 1. The molecule has 160 valence electrons. The maximum Gasteiger partial charge on any atom is 0.356 e. The third-order valence-electron chi connectivity index (χ3n) is 5.22. The Kier molecular flexibility index (Phi) is 8.00. The van der Waals surface area contributed by atoms with E-state index < -0.39 is 0 Å². The Bertz CT molecular complexity index is 679. The van der Waals surface area contributed by atoms with Crippen LogP contribution in [0.15, 0.2) is 35.4 Å². The Labute approximate surface area is 173 Å². The zero-order valence-electron chi connectivity index (χ0n) is 17.6. The van der Waals surface area contributed by atoms with Crippen LogP contribution in [0.25, 0.3) is 0 Å². The first-order valence-electron chi connectivity index (χ1n) is 10.4. The molecule has 2 atom stereocenters. The number of ether oxygens (including phenoxy) is 3. The molecule has 29 heavy (non-hydrogen) atoms. The van der Waals surface area contributed by atoms with Crippen LogP contribution in [0.1, 0.15) is 13.8 Å². The molecule has 0 saturated carbocycles. The number of likely N-dealkylation sites (N-methyl/N-ethyl adjacent to an activating group) is 1. The zero-order chi connectivity index (χ0) is 20.6. The number of rotatable bonds is 9. The first kappa shape index (κ1) is 21.7. The largest absolute Gasteiger partial charge is 0.461 e. The van der Waals surface area contributed by atoms with Crippen molar-refractivity contribution in [1.82, 2.24) is 9.80 Å². The van der Waals surface area contributed by atoms with Crippen molar-refractivity contribution in [2.45, 2.75) is 26.1 Å². The molecule has 2 unspecified atom stereocenters. The third-order valence-corrected chi connectivity index (χ3v) is 5.22. The molecule has 0 amide bonds. The molecule has 3 rings (SSSR count). The number of hydrazone groups is 1. The molecule has 0 spiro atoms. The molecule has 0 aromatic heterocycles. The summed E-state index contributed by atoms with van der Waals surface area (Å²) in [7, 11) is 2.05. The topological polar surface area (TPSA) is 66.8 Å². The van der Waals surface area contributed by atoms with Gasteiger partial charge in [0, 0.05) is 26.2 Å². The first-order valence-corrected chi connectivity index (χ1v) is 10.4. The Morgan fingerprint density at radius 2 is 1.93 bits per heavy atom. The predicted molar refractivity (Wildman–Crippen MR) is 112 cm³/mol. The smallest absolute Gasteiger partial charge is 0.356 e. The Hall–Kier alpha value is -2.00. The fourth-order valence-electron chi connectivity index (χ4n) is 3.80. The fraction of sp³-hybridized carbons (Fsp3) is 0.619. The van der Waals surface area contributed by atoms with E-state index >= 15 is 0 Å². The van der Waals surface area contributed by atoms with Gasteiger partial charge in [-0.1, -0.05) is 18.2 Å². The second kappa shape index (κ2) is 10.7. The quantitative estimate of drug-likeness (QED) is 0.456. The maximum absolute atomic E-state index is 12.8. The van der Waals surface area contributed by atoms with E-state index in [1.165, 1.54) is 0 Å². The maximum atomic E-state index is 12.8. The number of hydrogen-bond acceptors (Lipinski definition) is 8. The molecule has 1 fully saturated rings. The number of nitrogens with zero attached hydrogens (tertiary/aromatic N) is 4. The summed E-state index contributed by atoms with van der Waals surface area (Å²) in [5, 5.41) is 6.72. The molecule has 0 radical (unpaired) electrons. The molecule has 2 aliphatic rings. The van der Waals surface area contributed by atoms with Crippen LogP contribution >= 0.6 is 0 Å². The summed E-state index contributed by atoms with van der Waals surface area (Å²) >= 11 is 0. The van der Waals surface area contributed by atoms with Crippen molar-refractivity contribution < 1.29 is 19.0 Å². The van der Waals surface area contributed by atoms with Gasteiger partial charge in [0.05, 0.1) is 38.2 Å². The molecular formula is C21H32N4O4. The first-order chi connectivity index (χ1) is 14.2. The van der Waals surface area contributed by atoms with Gasteiger partial charge in [-0.25, -0.2) is 9.80 Å². The minimum absolute atomic E-state index is 0.143. The molecule has 0 aliphatic carbocycles.